The van der Waals surface area contributed by atoms with Crippen LogP contribution in [0.4, 0.5) is 10.1 Å². The summed E-state index contributed by atoms with van der Waals surface area (Å²) >= 11 is 0. The Morgan fingerprint density at radius 3 is 2.46 bits per heavy atom. The minimum atomic E-state index is -0.208. The Labute approximate surface area is 167 Å². The molecule has 1 fully saturated rings. The first kappa shape index (κ1) is 20.1. The summed E-state index contributed by atoms with van der Waals surface area (Å²) in [5, 5.41) is 5.98. The van der Waals surface area contributed by atoms with Gasteiger partial charge in [0.15, 0.2) is 0 Å². The van der Waals surface area contributed by atoms with Gasteiger partial charge in [0.1, 0.15) is 5.82 Å². The van der Waals surface area contributed by atoms with Crippen LogP contribution in [0, 0.1) is 19.7 Å². The van der Waals surface area contributed by atoms with E-state index in [2.05, 4.69) is 22.8 Å². The quantitative estimate of drug-likeness (QED) is 0.662. The lowest BCUT2D eigenvalue weighted by Gasteiger charge is -2.16. The predicted octanol–water partition coefficient (Wildman–Crippen LogP) is 5.61. The Morgan fingerprint density at radius 2 is 1.82 bits per heavy atom. The standard InChI is InChI=1S/C24H29FN2O/c1-15-13-21(16(2)11-19(15)12-17(3)24(28)26-4)18-9-10-23(22(25)14-18)27-20-7-5-6-8-20/h9-14,20,27H,5-8H2,1-4H3,(H,26,28)/b17-12+. The number of carbonyl (C=O) groups is 1. The average molecular weight is 381 g/mol. The second-order valence-electron chi connectivity index (χ2n) is 7.75. The van der Waals surface area contributed by atoms with Crippen molar-refractivity contribution in [2.75, 3.05) is 12.4 Å². The molecule has 2 aromatic rings. The number of aryl methyl sites for hydroxylation is 2. The number of rotatable bonds is 5. The number of halogens is 1. The van der Waals surface area contributed by atoms with Crippen molar-refractivity contribution in [2.24, 2.45) is 0 Å². The van der Waals surface area contributed by atoms with Crippen LogP contribution in [0.3, 0.4) is 0 Å². The van der Waals surface area contributed by atoms with E-state index in [0.717, 1.165) is 40.7 Å². The van der Waals surface area contributed by atoms with Gasteiger partial charge in [0.2, 0.25) is 5.91 Å². The number of hydrogen-bond acceptors (Lipinski definition) is 2. The number of carbonyl (C=O) groups excluding carboxylic acids is 1. The number of benzene rings is 2. The fourth-order valence-electron chi connectivity index (χ4n) is 3.89. The maximum atomic E-state index is 14.7. The van der Waals surface area contributed by atoms with Crippen LogP contribution in [-0.2, 0) is 4.79 Å². The smallest absolute Gasteiger partial charge is 0.246 e. The molecule has 0 aliphatic heterocycles. The fraction of sp³-hybridized carbons (Fsp3) is 0.375. The summed E-state index contributed by atoms with van der Waals surface area (Å²) in [5.74, 6) is -0.297. The van der Waals surface area contributed by atoms with Gasteiger partial charge in [-0.3, -0.25) is 4.79 Å². The molecule has 3 nitrogen and oxygen atoms in total. The normalized spacial score (nSPS) is 15.0. The summed E-state index contributed by atoms with van der Waals surface area (Å²) in [6.45, 7) is 5.83. The Kier molecular flexibility index (Phi) is 6.18. The second kappa shape index (κ2) is 8.59. The van der Waals surface area contributed by atoms with E-state index in [0.29, 0.717) is 17.3 Å². The van der Waals surface area contributed by atoms with Gasteiger partial charge in [0.25, 0.3) is 0 Å². The molecule has 0 saturated heterocycles. The first-order valence-corrected chi connectivity index (χ1v) is 9.97. The Morgan fingerprint density at radius 1 is 1.11 bits per heavy atom. The third-order valence-corrected chi connectivity index (χ3v) is 5.57. The molecule has 1 aliphatic rings. The molecule has 1 amide bonds. The summed E-state index contributed by atoms with van der Waals surface area (Å²) in [5.41, 5.74) is 6.24. The lowest BCUT2D eigenvalue weighted by molar-refractivity contribution is -0.116. The van der Waals surface area contributed by atoms with Crippen LogP contribution in [0.15, 0.2) is 35.9 Å². The predicted molar refractivity (Wildman–Crippen MR) is 115 cm³/mol. The third-order valence-electron chi connectivity index (χ3n) is 5.57. The number of hydrogen-bond donors (Lipinski definition) is 2. The molecule has 148 valence electrons. The minimum absolute atomic E-state index is 0.0893. The van der Waals surface area contributed by atoms with E-state index in [-0.39, 0.29) is 11.7 Å². The molecule has 2 aromatic carbocycles. The van der Waals surface area contributed by atoms with Crippen molar-refractivity contribution >= 4 is 17.7 Å². The molecule has 0 bridgehead atoms. The highest BCUT2D eigenvalue weighted by atomic mass is 19.1. The molecule has 0 heterocycles. The van der Waals surface area contributed by atoms with E-state index in [4.69, 9.17) is 0 Å². The molecule has 0 aromatic heterocycles. The third kappa shape index (κ3) is 4.44. The van der Waals surface area contributed by atoms with E-state index >= 15 is 0 Å². The van der Waals surface area contributed by atoms with Gasteiger partial charge in [-0.25, -0.2) is 4.39 Å². The Hall–Kier alpha value is -2.62. The monoisotopic (exact) mass is 380 g/mol. The van der Waals surface area contributed by atoms with Gasteiger partial charge in [-0.05, 0) is 79.6 Å². The van der Waals surface area contributed by atoms with E-state index in [9.17, 15) is 9.18 Å². The van der Waals surface area contributed by atoms with Gasteiger partial charge < -0.3 is 10.6 Å². The van der Waals surface area contributed by atoms with Crippen molar-refractivity contribution in [1.29, 1.82) is 0 Å². The van der Waals surface area contributed by atoms with Crippen LogP contribution in [0.1, 0.15) is 49.3 Å². The van der Waals surface area contributed by atoms with E-state index in [1.165, 1.54) is 12.8 Å². The van der Waals surface area contributed by atoms with Crippen LogP contribution in [-0.4, -0.2) is 19.0 Å². The summed E-state index contributed by atoms with van der Waals surface area (Å²) in [6.07, 6.45) is 6.56. The summed E-state index contributed by atoms with van der Waals surface area (Å²) in [7, 11) is 1.63. The van der Waals surface area contributed by atoms with Crippen LogP contribution in [0.5, 0.6) is 0 Å². The SMILES string of the molecule is CNC(=O)/C(C)=C/c1cc(C)c(-c2ccc(NC3CCCC3)c(F)c2)cc1C. The van der Waals surface area contributed by atoms with Crippen LogP contribution >= 0.6 is 0 Å². The first-order chi connectivity index (χ1) is 13.4. The number of nitrogens with one attached hydrogen (secondary N) is 2. The topological polar surface area (TPSA) is 41.1 Å². The van der Waals surface area contributed by atoms with Crippen LogP contribution in [0.2, 0.25) is 0 Å². The van der Waals surface area contributed by atoms with Crippen molar-refractivity contribution in [3.63, 3.8) is 0 Å². The molecule has 0 spiro atoms. The summed E-state index contributed by atoms with van der Waals surface area (Å²) < 4.78 is 14.7. The van der Waals surface area contributed by atoms with Crippen molar-refractivity contribution in [2.45, 2.75) is 52.5 Å². The number of likely N-dealkylation sites (N-methyl/N-ethyl adjacent to an activating group) is 1. The molecule has 28 heavy (non-hydrogen) atoms. The highest BCUT2D eigenvalue weighted by Crippen LogP contribution is 2.31. The largest absolute Gasteiger partial charge is 0.380 e. The zero-order valence-corrected chi connectivity index (χ0v) is 17.2. The fourth-order valence-corrected chi connectivity index (χ4v) is 3.89. The van der Waals surface area contributed by atoms with Gasteiger partial charge in [0, 0.05) is 18.7 Å². The molecule has 2 N–H and O–H groups in total. The van der Waals surface area contributed by atoms with Crippen molar-refractivity contribution < 1.29 is 9.18 Å². The number of anilines is 1. The highest BCUT2D eigenvalue weighted by molar-refractivity contribution is 5.97. The van der Waals surface area contributed by atoms with E-state index in [1.807, 2.05) is 32.1 Å². The maximum Gasteiger partial charge on any atom is 0.246 e. The van der Waals surface area contributed by atoms with Gasteiger partial charge >= 0.3 is 0 Å². The number of amides is 1. The Balaban J connectivity index is 1.88. The molecule has 1 saturated carbocycles. The molecule has 0 atom stereocenters. The van der Waals surface area contributed by atoms with Crippen molar-refractivity contribution in [3.05, 3.63) is 58.4 Å². The zero-order chi connectivity index (χ0) is 20.3. The minimum Gasteiger partial charge on any atom is -0.380 e. The highest BCUT2D eigenvalue weighted by Gasteiger charge is 2.17. The molecule has 4 heteroatoms. The molecule has 0 unspecified atom stereocenters. The van der Waals surface area contributed by atoms with E-state index < -0.39 is 0 Å². The molecule has 0 radical (unpaired) electrons. The maximum absolute atomic E-state index is 14.7. The van der Waals surface area contributed by atoms with Crippen LogP contribution in [0.25, 0.3) is 17.2 Å². The van der Waals surface area contributed by atoms with Crippen molar-refractivity contribution in [1.82, 2.24) is 5.32 Å². The lowest BCUT2D eigenvalue weighted by atomic mass is 9.94. The summed E-state index contributed by atoms with van der Waals surface area (Å²) in [6, 6.07) is 9.95. The van der Waals surface area contributed by atoms with Gasteiger partial charge in [-0.1, -0.05) is 31.0 Å². The molecule has 3 rings (SSSR count). The Bertz CT molecular complexity index is 911. The van der Waals surface area contributed by atoms with Gasteiger partial charge in [-0.15, -0.1) is 0 Å². The van der Waals surface area contributed by atoms with Gasteiger partial charge in [0.05, 0.1) is 5.69 Å². The molecule has 1 aliphatic carbocycles. The van der Waals surface area contributed by atoms with Crippen LogP contribution < -0.4 is 10.6 Å². The molecular weight excluding hydrogens is 351 g/mol. The van der Waals surface area contributed by atoms with E-state index in [1.54, 1.807) is 20.0 Å². The first-order valence-electron chi connectivity index (χ1n) is 9.97. The lowest BCUT2D eigenvalue weighted by Crippen LogP contribution is -2.18. The summed E-state index contributed by atoms with van der Waals surface area (Å²) in [4.78, 5) is 11.8. The molecular formula is C24H29FN2O. The second-order valence-corrected chi connectivity index (χ2v) is 7.75. The zero-order valence-electron chi connectivity index (χ0n) is 17.2. The average Bonchev–Trinajstić information content (AvgIpc) is 3.18. The van der Waals surface area contributed by atoms with Gasteiger partial charge in [-0.2, -0.15) is 0 Å². The van der Waals surface area contributed by atoms with Crippen molar-refractivity contribution in [3.8, 4) is 11.1 Å².